The molecule has 0 amide bonds. The zero-order valence-electron chi connectivity index (χ0n) is 8.82. The first-order valence-electron chi connectivity index (χ1n) is 3.87. The first-order valence-corrected chi connectivity index (χ1v) is 3.87. The predicted molar refractivity (Wildman–Crippen MR) is 53.5 cm³/mol. The Morgan fingerprint density at radius 3 is 1.93 bits per heavy atom. The van der Waals surface area contributed by atoms with Crippen LogP contribution in [0.4, 0.5) is 0 Å². The Morgan fingerprint density at radius 2 is 1.80 bits per heavy atom. The van der Waals surface area contributed by atoms with E-state index in [9.17, 15) is 0 Å². The molecule has 0 heterocycles. The van der Waals surface area contributed by atoms with Crippen molar-refractivity contribution in [3.05, 3.63) is 35.6 Å². The van der Waals surface area contributed by atoms with Crippen molar-refractivity contribution < 1.29 is 51.0 Å². The number of guanidine groups is 1. The molecule has 0 radical (unpaired) electrons. The van der Waals surface area contributed by atoms with Crippen LogP contribution in [0.2, 0.25) is 0 Å². The molecule has 0 aliphatic carbocycles. The molecule has 0 bridgehead atoms. The van der Waals surface area contributed by atoms with E-state index in [0.717, 1.165) is 0 Å². The first kappa shape index (κ1) is 24.4. The molecule has 3 nitrogen and oxygen atoms in total. The zero-order valence-corrected chi connectivity index (χ0v) is 12.8. The third kappa shape index (κ3) is 20.2. The topological polar surface area (TPSA) is 52.5 Å². The van der Waals surface area contributed by atoms with Gasteiger partial charge in [0.05, 0.1) is 0 Å². The van der Waals surface area contributed by atoms with E-state index in [0.29, 0.717) is 12.5 Å². The molecule has 1 rings (SSSR count). The van der Waals surface area contributed by atoms with E-state index in [1.165, 1.54) is 0 Å². The van der Waals surface area contributed by atoms with Gasteiger partial charge in [-0.25, -0.2) is 12.1 Å². The summed E-state index contributed by atoms with van der Waals surface area (Å²) in [6.07, 6.45) is 0. The van der Waals surface area contributed by atoms with Gasteiger partial charge in [-0.15, -0.1) is 0 Å². The summed E-state index contributed by atoms with van der Waals surface area (Å²) in [6, 6.07) is 10.0. The molecule has 2 N–H and O–H groups in total. The second-order valence-electron chi connectivity index (χ2n) is 2.02. The van der Waals surface area contributed by atoms with Crippen LogP contribution in [0.3, 0.4) is 0 Å². The van der Waals surface area contributed by atoms with Crippen molar-refractivity contribution in [2.75, 3.05) is 13.6 Å². The molecule has 0 atom stereocenters. The molecule has 0 aromatic heterocycles. The number of nitrogens with two attached hydrogens (primary N) is 1. The van der Waals surface area contributed by atoms with Gasteiger partial charge in [-0.1, -0.05) is 6.92 Å². The van der Waals surface area contributed by atoms with Gasteiger partial charge in [0.1, 0.15) is 0 Å². The Morgan fingerprint density at radius 1 is 1.33 bits per heavy atom. The maximum absolute atomic E-state index is 5.17. The molecule has 84 valence electrons. The van der Waals surface area contributed by atoms with E-state index in [1.807, 2.05) is 37.3 Å². The number of nitrogens with zero attached hydrogens (tertiary/aromatic N) is 2. The summed E-state index contributed by atoms with van der Waals surface area (Å²) >= 11 is 0. The third-order valence-corrected chi connectivity index (χ3v) is 1.10. The van der Waals surface area contributed by atoms with E-state index >= 15 is 0 Å². The van der Waals surface area contributed by atoms with Crippen LogP contribution in [0, 0.1) is 0 Å². The number of hydrogen-bond acceptors (Lipinski definition) is 1. The maximum atomic E-state index is 5.17. The van der Waals surface area contributed by atoms with Crippen molar-refractivity contribution in [2.24, 2.45) is 10.7 Å². The normalized spacial score (nSPS) is 8.00. The quantitative estimate of drug-likeness (QED) is 0.317. The molecule has 0 unspecified atom stereocenters. The van der Waals surface area contributed by atoms with Crippen molar-refractivity contribution >= 4 is 5.96 Å². The van der Waals surface area contributed by atoms with Gasteiger partial charge in [0.25, 0.3) is 0 Å². The number of halogens is 2. The molecular formula is C9H15Cl2N3Zr. The maximum Gasteiger partial charge on any atom is 4.00 e. The SMILES string of the molecule is CCN=C(N)[N-]C.[Cl-].[Cl-].[Zr+4].c1cc[cH-]c1. The molecule has 0 saturated carbocycles. The van der Waals surface area contributed by atoms with Crippen LogP contribution in [0.5, 0.6) is 0 Å². The largest absolute Gasteiger partial charge is 4.00 e. The van der Waals surface area contributed by atoms with E-state index in [1.54, 1.807) is 7.05 Å². The van der Waals surface area contributed by atoms with Gasteiger partial charge in [0, 0.05) is 5.96 Å². The molecule has 15 heavy (non-hydrogen) atoms. The van der Waals surface area contributed by atoms with Gasteiger partial charge < -0.3 is 40.9 Å². The van der Waals surface area contributed by atoms with Crippen molar-refractivity contribution in [2.45, 2.75) is 6.92 Å². The zero-order chi connectivity index (χ0) is 9.23. The smallest absolute Gasteiger partial charge is 1.00 e. The molecule has 0 spiro atoms. The van der Waals surface area contributed by atoms with Crippen LogP contribution in [0.1, 0.15) is 6.92 Å². The Balaban J connectivity index is -0.0000000687. The minimum absolute atomic E-state index is 0. The molecule has 1 aromatic carbocycles. The molecule has 0 saturated heterocycles. The number of rotatable bonds is 1. The average Bonchev–Trinajstić information content (AvgIpc) is 2.62. The fourth-order valence-corrected chi connectivity index (χ4v) is 0.553. The molecule has 0 fully saturated rings. The second kappa shape index (κ2) is 19.6. The standard InChI is InChI=1S/C5H5.C4H10N3.2ClH.Zr/c1-2-4-5-3-1;1-3-7-4(5)6-2;;;/h1-5H;3H2,1-2H3,(H2-,5,6,7);2*1H;/q2*-1;;;+4/p-2. The monoisotopic (exact) mass is 325 g/mol. The number of aliphatic imine (C=N–C) groups is 1. The minimum atomic E-state index is 0. The summed E-state index contributed by atoms with van der Waals surface area (Å²) in [4.78, 5) is 3.77. The fraction of sp³-hybridized carbons (Fsp3) is 0.333. The summed E-state index contributed by atoms with van der Waals surface area (Å²) in [5, 5.41) is 3.61. The predicted octanol–water partition coefficient (Wildman–Crippen LogP) is -4.26. The third-order valence-electron chi connectivity index (χ3n) is 1.10. The van der Waals surface area contributed by atoms with Crippen LogP contribution in [0.25, 0.3) is 5.32 Å². The second-order valence-corrected chi connectivity index (χ2v) is 2.02. The van der Waals surface area contributed by atoms with Crippen LogP contribution < -0.4 is 30.5 Å². The Bertz CT molecular complexity index is 186. The average molecular weight is 327 g/mol. The Labute approximate surface area is 123 Å². The van der Waals surface area contributed by atoms with Crippen molar-refractivity contribution in [3.63, 3.8) is 0 Å². The van der Waals surface area contributed by atoms with Crippen LogP contribution in [-0.2, 0) is 26.2 Å². The van der Waals surface area contributed by atoms with Crippen LogP contribution in [-0.4, -0.2) is 19.6 Å². The summed E-state index contributed by atoms with van der Waals surface area (Å²) in [7, 11) is 1.62. The van der Waals surface area contributed by atoms with E-state index in [2.05, 4.69) is 10.3 Å². The Kier molecular flexibility index (Phi) is 31.9. The molecule has 0 aliphatic heterocycles. The van der Waals surface area contributed by atoms with Crippen molar-refractivity contribution in [1.82, 2.24) is 0 Å². The van der Waals surface area contributed by atoms with Gasteiger partial charge >= 0.3 is 26.2 Å². The number of hydrogen-bond donors (Lipinski definition) is 1. The van der Waals surface area contributed by atoms with Crippen LogP contribution in [0.15, 0.2) is 35.3 Å². The van der Waals surface area contributed by atoms with Crippen molar-refractivity contribution in [1.29, 1.82) is 0 Å². The van der Waals surface area contributed by atoms with E-state index in [-0.39, 0.29) is 51.0 Å². The van der Waals surface area contributed by atoms with E-state index < -0.39 is 0 Å². The fourth-order valence-electron chi connectivity index (χ4n) is 0.553. The summed E-state index contributed by atoms with van der Waals surface area (Å²) in [5.41, 5.74) is 5.17. The van der Waals surface area contributed by atoms with Gasteiger partial charge in [-0.2, -0.15) is 18.2 Å². The van der Waals surface area contributed by atoms with E-state index in [4.69, 9.17) is 5.73 Å². The minimum Gasteiger partial charge on any atom is -1.00 e. The summed E-state index contributed by atoms with van der Waals surface area (Å²) < 4.78 is 0. The summed E-state index contributed by atoms with van der Waals surface area (Å²) in [5.74, 6) is 0.377. The van der Waals surface area contributed by atoms with Gasteiger partial charge in [-0.3, -0.25) is 0 Å². The van der Waals surface area contributed by atoms with Crippen LogP contribution >= 0.6 is 0 Å². The van der Waals surface area contributed by atoms with Gasteiger partial charge in [0.2, 0.25) is 0 Å². The van der Waals surface area contributed by atoms with Crippen molar-refractivity contribution in [3.8, 4) is 0 Å². The van der Waals surface area contributed by atoms with Gasteiger partial charge in [-0.05, 0) is 13.6 Å². The molecular weight excluding hydrogens is 312 g/mol. The first-order chi connectivity index (χ1) is 5.81. The molecule has 6 heteroatoms. The molecule has 0 aliphatic rings. The van der Waals surface area contributed by atoms with Gasteiger partial charge in [0.15, 0.2) is 0 Å². The Hall–Kier alpha value is 0.0831. The molecule has 1 aromatic rings. The summed E-state index contributed by atoms with van der Waals surface area (Å²) in [6.45, 7) is 2.63.